The van der Waals surface area contributed by atoms with Gasteiger partial charge in [-0.3, -0.25) is 0 Å². The van der Waals surface area contributed by atoms with Gasteiger partial charge in [-0.15, -0.1) is 11.7 Å². The van der Waals surface area contributed by atoms with Crippen LogP contribution in [0.2, 0.25) is 0 Å². The maximum absolute atomic E-state index is 8.60. The molecule has 0 fully saturated rings. The summed E-state index contributed by atoms with van der Waals surface area (Å²) in [5, 5.41) is 8.60. The molecule has 0 aliphatic carbocycles. The van der Waals surface area contributed by atoms with E-state index in [1.807, 2.05) is 0 Å². The molecule has 0 aromatic heterocycles. The lowest BCUT2D eigenvalue weighted by atomic mass is 10.2. The van der Waals surface area contributed by atoms with Gasteiger partial charge in [0, 0.05) is 0 Å². The minimum atomic E-state index is 0.618. The summed E-state index contributed by atoms with van der Waals surface area (Å²) in [5.74, 6) is 0.744. The number of rotatable bonds is 2. The van der Waals surface area contributed by atoms with Gasteiger partial charge in [0.15, 0.2) is 0 Å². The van der Waals surface area contributed by atoms with Crippen molar-refractivity contribution in [3.63, 3.8) is 0 Å². The highest BCUT2D eigenvalue weighted by Gasteiger charge is 2.02. The van der Waals surface area contributed by atoms with Crippen LogP contribution in [0.4, 0.5) is 0 Å². The Hall–Kier alpha value is -0.790. The quantitative estimate of drug-likeness (QED) is 0.584. The molecule has 0 saturated heterocycles. The molecule has 0 aliphatic heterocycles. The van der Waals surface area contributed by atoms with Crippen molar-refractivity contribution in [2.45, 2.75) is 4.90 Å². The zero-order chi connectivity index (χ0) is 8.97. The summed E-state index contributed by atoms with van der Waals surface area (Å²) in [5.41, 5.74) is 0.618. The lowest BCUT2D eigenvalue weighted by Crippen LogP contribution is -1.85. The molecule has 0 bridgehead atoms. The Morgan fingerprint density at radius 3 is 2.83 bits per heavy atom. The predicted molar refractivity (Wildman–Crippen MR) is 52.6 cm³/mol. The van der Waals surface area contributed by atoms with Gasteiger partial charge in [-0.25, -0.2) is 0 Å². The van der Waals surface area contributed by atoms with E-state index < -0.39 is 0 Å². The Morgan fingerprint density at radius 1 is 1.58 bits per heavy atom. The van der Waals surface area contributed by atoms with Crippen molar-refractivity contribution in [2.75, 3.05) is 7.11 Å². The van der Waals surface area contributed by atoms with E-state index in [1.165, 1.54) is 10.8 Å². The highest BCUT2D eigenvalue weighted by atomic mass is 33.1. The summed E-state index contributed by atoms with van der Waals surface area (Å²) in [7, 11) is 2.86. The molecule has 1 aromatic rings. The Morgan fingerprint density at radius 2 is 2.33 bits per heavy atom. The highest BCUT2D eigenvalue weighted by molar-refractivity contribution is 8.68. The highest BCUT2D eigenvalue weighted by Crippen LogP contribution is 2.31. The third-order valence-electron chi connectivity index (χ3n) is 1.39. The summed E-state index contributed by atoms with van der Waals surface area (Å²) < 4.78 is 5.06. The van der Waals surface area contributed by atoms with E-state index in [9.17, 15) is 0 Å². The van der Waals surface area contributed by atoms with Crippen LogP contribution in [-0.4, -0.2) is 7.11 Å². The molecule has 0 N–H and O–H groups in total. The number of thiol groups is 1. The number of hydrogen-bond acceptors (Lipinski definition) is 4. The van der Waals surface area contributed by atoms with Crippen LogP contribution in [0.15, 0.2) is 23.1 Å². The van der Waals surface area contributed by atoms with Crippen molar-refractivity contribution < 1.29 is 4.74 Å². The van der Waals surface area contributed by atoms with Crippen LogP contribution in [-0.2, 0) is 0 Å². The van der Waals surface area contributed by atoms with Crippen LogP contribution in [0.5, 0.6) is 5.75 Å². The number of nitriles is 1. The molecule has 0 heterocycles. The van der Waals surface area contributed by atoms with Crippen molar-refractivity contribution in [3.05, 3.63) is 23.8 Å². The third-order valence-corrected chi connectivity index (χ3v) is 2.50. The van der Waals surface area contributed by atoms with E-state index >= 15 is 0 Å². The first kappa shape index (κ1) is 9.30. The van der Waals surface area contributed by atoms with Gasteiger partial charge < -0.3 is 4.74 Å². The van der Waals surface area contributed by atoms with Crippen molar-refractivity contribution in [3.8, 4) is 11.8 Å². The van der Waals surface area contributed by atoms with Crippen LogP contribution in [0.1, 0.15) is 5.56 Å². The smallest absolute Gasteiger partial charge is 0.133 e. The Labute approximate surface area is 80.3 Å². The second-order valence-corrected chi connectivity index (χ2v) is 3.24. The van der Waals surface area contributed by atoms with Crippen LogP contribution >= 0.6 is 22.5 Å². The maximum atomic E-state index is 8.60. The molecule has 0 amide bonds. The Balaban J connectivity index is 3.13. The molecule has 62 valence electrons. The summed E-state index contributed by atoms with van der Waals surface area (Å²) in [6, 6.07) is 7.27. The van der Waals surface area contributed by atoms with Crippen LogP contribution in [0.3, 0.4) is 0 Å². The van der Waals surface area contributed by atoms with E-state index in [2.05, 4.69) is 17.7 Å². The first-order chi connectivity index (χ1) is 5.81. The number of hydrogen-bond donors (Lipinski definition) is 1. The number of methoxy groups -OCH3 is 1. The SMILES string of the molecule is COc1ccc(C#N)cc1SS. The summed E-state index contributed by atoms with van der Waals surface area (Å²) in [6.45, 7) is 0. The molecule has 0 radical (unpaired) electrons. The van der Waals surface area contributed by atoms with Crippen molar-refractivity contribution >= 4 is 22.5 Å². The third kappa shape index (κ3) is 1.87. The van der Waals surface area contributed by atoms with Gasteiger partial charge >= 0.3 is 0 Å². The molecule has 12 heavy (non-hydrogen) atoms. The average molecular weight is 197 g/mol. The maximum Gasteiger partial charge on any atom is 0.133 e. The molecule has 0 unspecified atom stereocenters. The standard InChI is InChI=1S/C8H7NOS2/c1-10-7-3-2-6(5-9)4-8(7)12-11/h2-4,11H,1H3. The molecule has 1 aromatic carbocycles. The topological polar surface area (TPSA) is 33.0 Å². The minimum absolute atomic E-state index is 0.618. The molecule has 0 saturated carbocycles. The molecular formula is C8H7NOS2. The van der Waals surface area contributed by atoms with E-state index in [0.717, 1.165) is 10.6 Å². The molecule has 0 atom stereocenters. The zero-order valence-electron chi connectivity index (χ0n) is 6.44. The molecule has 0 aliphatic rings. The van der Waals surface area contributed by atoms with Crippen LogP contribution in [0.25, 0.3) is 0 Å². The lowest BCUT2D eigenvalue weighted by molar-refractivity contribution is 0.405. The monoisotopic (exact) mass is 197 g/mol. The van der Waals surface area contributed by atoms with Gasteiger partial charge in [0.25, 0.3) is 0 Å². The summed E-state index contributed by atoms with van der Waals surface area (Å²) in [6.07, 6.45) is 0. The van der Waals surface area contributed by atoms with E-state index in [4.69, 9.17) is 10.00 Å². The first-order valence-corrected chi connectivity index (χ1v) is 5.08. The van der Waals surface area contributed by atoms with Gasteiger partial charge in [0.05, 0.1) is 23.6 Å². The fraction of sp³-hybridized carbons (Fsp3) is 0.125. The van der Waals surface area contributed by atoms with Crippen LogP contribution in [0, 0.1) is 11.3 Å². The molecule has 0 spiro atoms. The normalized spacial score (nSPS) is 9.08. The Kier molecular flexibility index (Phi) is 3.32. The van der Waals surface area contributed by atoms with Gasteiger partial charge in [-0.1, -0.05) is 10.8 Å². The second kappa shape index (κ2) is 4.29. The van der Waals surface area contributed by atoms with Crippen molar-refractivity contribution in [1.29, 1.82) is 5.26 Å². The van der Waals surface area contributed by atoms with Gasteiger partial charge in [-0.2, -0.15) is 5.26 Å². The van der Waals surface area contributed by atoms with E-state index in [1.54, 1.807) is 25.3 Å². The van der Waals surface area contributed by atoms with Gasteiger partial charge in [0.2, 0.25) is 0 Å². The molecule has 2 nitrogen and oxygen atoms in total. The second-order valence-electron chi connectivity index (χ2n) is 2.07. The minimum Gasteiger partial charge on any atom is -0.496 e. The molecule has 4 heteroatoms. The summed E-state index contributed by atoms with van der Waals surface area (Å²) >= 11 is 4.05. The number of nitrogens with zero attached hydrogens (tertiary/aromatic N) is 1. The van der Waals surface area contributed by atoms with Crippen molar-refractivity contribution in [1.82, 2.24) is 0 Å². The fourth-order valence-corrected chi connectivity index (χ4v) is 1.67. The first-order valence-electron chi connectivity index (χ1n) is 3.21. The van der Waals surface area contributed by atoms with Gasteiger partial charge in [-0.05, 0) is 18.2 Å². The molecule has 1 rings (SSSR count). The number of benzene rings is 1. The van der Waals surface area contributed by atoms with E-state index in [-0.39, 0.29) is 0 Å². The Bertz CT molecular complexity index is 319. The molecular weight excluding hydrogens is 190 g/mol. The number of ether oxygens (including phenoxy) is 1. The lowest BCUT2D eigenvalue weighted by Gasteiger charge is -2.04. The van der Waals surface area contributed by atoms with Crippen LogP contribution < -0.4 is 4.74 Å². The predicted octanol–water partition coefficient (Wildman–Crippen LogP) is 2.50. The summed E-state index contributed by atoms with van der Waals surface area (Å²) in [4.78, 5) is 0.861. The fourth-order valence-electron chi connectivity index (χ4n) is 0.818. The van der Waals surface area contributed by atoms with E-state index in [0.29, 0.717) is 5.56 Å². The zero-order valence-corrected chi connectivity index (χ0v) is 8.15. The largest absolute Gasteiger partial charge is 0.496 e. The van der Waals surface area contributed by atoms with Crippen molar-refractivity contribution in [2.24, 2.45) is 0 Å². The van der Waals surface area contributed by atoms with Gasteiger partial charge in [0.1, 0.15) is 5.75 Å². The average Bonchev–Trinajstić information content (AvgIpc) is 2.16.